The molecule has 0 aromatic heterocycles. The molecule has 0 aromatic carbocycles. The van der Waals surface area contributed by atoms with Gasteiger partial charge in [-0.2, -0.15) is 0 Å². The first-order valence-electron chi connectivity index (χ1n) is 6.51. The molecule has 2 unspecified atom stereocenters. The molecule has 94 valence electrons. The number of nitrogens with zero attached hydrogens (tertiary/aromatic N) is 1. The average molecular weight is 233 g/mol. The predicted octanol–water partition coefficient (Wildman–Crippen LogP) is 2.83. The van der Waals surface area contributed by atoms with Gasteiger partial charge in [0.05, 0.1) is 11.8 Å². The Morgan fingerprint density at radius 2 is 2.12 bits per heavy atom. The van der Waals surface area contributed by atoms with Crippen LogP contribution in [0.15, 0.2) is 23.9 Å². The van der Waals surface area contributed by atoms with E-state index in [1.54, 1.807) is 0 Å². The first kappa shape index (κ1) is 13.8. The highest BCUT2D eigenvalue weighted by Gasteiger charge is 2.39. The van der Waals surface area contributed by atoms with Crippen molar-refractivity contribution in [2.24, 2.45) is 17.6 Å². The molecule has 1 heterocycles. The van der Waals surface area contributed by atoms with Crippen LogP contribution in [0.1, 0.15) is 47.0 Å². The van der Waals surface area contributed by atoms with Crippen molar-refractivity contribution >= 4 is 11.4 Å². The monoisotopic (exact) mass is 233 g/mol. The van der Waals surface area contributed by atoms with Crippen LogP contribution in [-0.2, 0) is 0 Å². The van der Waals surface area contributed by atoms with Crippen LogP contribution in [0.3, 0.4) is 0 Å². The Kier molecular flexibility index (Phi) is 4.77. The summed E-state index contributed by atoms with van der Waals surface area (Å²) in [5.41, 5.74) is 10.3. The lowest BCUT2D eigenvalue weighted by atomic mass is 9.83. The second-order valence-corrected chi connectivity index (χ2v) is 4.99. The summed E-state index contributed by atoms with van der Waals surface area (Å²) in [4.78, 5) is 0. The van der Waals surface area contributed by atoms with Gasteiger partial charge < -0.3 is 5.73 Å². The number of allylic oxidation sites excluding steroid dienone is 2. The Labute approximate surface area is 105 Å². The molecule has 0 amide bonds. The third-order valence-corrected chi connectivity index (χ3v) is 3.44. The van der Waals surface area contributed by atoms with Crippen molar-refractivity contribution in [3.63, 3.8) is 0 Å². The number of hydrogen-bond acceptors (Lipinski definition) is 1. The molecule has 0 bridgehead atoms. The number of rotatable bonds is 5. The molecule has 2 nitrogen and oxygen atoms in total. The smallest absolute Gasteiger partial charge is 0.285 e. The van der Waals surface area contributed by atoms with Crippen LogP contribution in [0.4, 0.5) is 0 Å². The molecule has 0 aliphatic carbocycles. The normalized spacial score (nSPS) is 24.6. The Morgan fingerprint density at radius 1 is 1.47 bits per heavy atom. The van der Waals surface area contributed by atoms with Crippen molar-refractivity contribution in [2.75, 3.05) is 0 Å². The van der Waals surface area contributed by atoms with Gasteiger partial charge in [-0.15, -0.1) is 4.67 Å². The van der Waals surface area contributed by atoms with E-state index < -0.39 is 0 Å². The quantitative estimate of drug-likeness (QED) is 0.575. The summed E-state index contributed by atoms with van der Waals surface area (Å²) in [5.74, 6) is 1.05. The van der Waals surface area contributed by atoms with E-state index in [9.17, 15) is 0 Å². The minimum absolute atomic E-state index is 0.467. The average Bonchev–Trinajstić information content (AvgIpc) is 2.54. The molecule has 2 heteroatoms. The minimum Gasteiger partial charge on any atom is -0.402 e. The fourth-order valence-corrected chi connectivity index (χ4v) is 2.67. The third kappa shape index (κ3) is 3.34. The highest BCUT2D eigenvalue weighted by molar-refractivity contribution is 6.02. The standard InChI is InChI=1S/C15H25N2/c1-6-13-14(9-10(3)8-11(4)16)12(5)17-15(13)7-2/h9,13-14H,4,6-8,16H2,1-3,5H3/q+1. The van der Waals surface area contributed by atoms with Crippen molar-refractivity contribution in [1.29, 1.82) is 0 Å². The Morgan fingerprint density at radius 3 is 2.59 bits per heavy atom. The molecule has 0 saturated carbocycles. The van der Waals surface area contributed by atoms with Crippen molar-refractivity contribution in [3.8, 4) is 0 Å². The zero-order chi connectivity index (χ0) is 13.0. The van der Waals surface area contributed by atoms with Crippen LogP contribution >= 0.6 is 0 Å². The molecule has 1 aliphatic heterocycles. The molecule has 1 rings (SSSR count). The van der Waals surface area contributed by atoms with Gasteiger partial charge in [0.25, 0.3) is 11.4 Å². The van der Waals surface area contributed by atoms with E-state index in [4.69, 9.17) is 10.4 Å². The van der Waals surface area contributed by atoms with Gasteiger partial charge in [-0.3, -0.25) is 0 Å². The van der Waals surface area contributed by atoms with E-state index in [0.29, 0.717) is 11.8 Å². The van der Waals surface area contributed by atoms with Gasteiger partial charge in [0, 0.05) is 25.5 Å². The predicted molar refractivity (Wildman–Crippen MR) is 77.1 cm³/mol. The topological polar surface area (TPSA) is 40.1 Å². The lowest BCUT2D eigenvalue weighted by Crippen LogP contribution is -2.20. The maximum Gasteiger partial charge on any atom is 0.285 e. The molecule has 1 aliphatic rings. The van der Waals surface area contributed by atoms with Crippen LogP contribution in [0.5, 0.6) is 0 Å². The molecule has 17 heavy (non-hydrogen) atoms. The second-order valence-electron chi connectivity index (χ2n) is 4.99. The second kappa shape index (κ2) is 5.88. The molecule has 0 fully saturated rings. The molecule has 2 N–H and O–H groups in total. The van der Waals surface area contributed by atoms with Gasteiger partial charge in [-0.1, -0.05) is 32.1 Å². The zero-order valence-corrected chi connectivity index (χ0v) is 11.6. The van der Waals surface area contributed by atoms with Crippen LogP contribution in [0.25, 0.3) is 0 Å². The lowest BCUT2D eigenvalue weighted by molar-refractivity contribution is 0.600. The molecule has 0 radical (unpaired) electrons. The number of hydrogen-bond donors (Lipinski definition) is 1. The number of nitrogens with two attached hydrogens (primary N) is 1. The van der Waals surface area contributed by atoms with Gasteiger partial charge in [0.15, 0.2) is 0 Å². The largest absolute Gasteiger partial charge is 0.402 e. The summed E-state index contributed by atoms with van der Waals surface area (Å²) < 4.78 is 4.71. The maximum atomic E-state index is 5.65. The van der Waals surface area contributed by atoms with E-state index in [0.717, 1.165) is 25.0 Å². The summed E-state index contributed by atoms with van der Waals surface area (Å²) in [7, 11) is 0. The van der Waals surface area contributed by atoms with E-state index in [-0.39, 0.29) is 0 Å². The Hall–Kier alpha value is -1.27. The minimum atomic E-state index is 0.467. The highest BCUT2D eigenvalue weighted by Crippen LogP contribution is 2.26. The third-order valence-electron chi connectivity index (χ3n) is 3.44. The fraction of sp³-hybridized carbons (Fsp3) is 0.600. The van der Waals surface area contributed by atoms with Gasteiger partial charge in [0.2, 0.25) is 0 Å². The maximum absolute atomic E-state index is 5.65. The first-order valence-corrected chi connectivity index (χ1v) is 6.51. The highest BCUT2D eigenvalue weighted by atomic mass is 14.7. The fourth-order valence-electron chi connectivity index (χ4n) is 2.67. The van der Waals surface area contributed by atoms with E-state index in [1.165, 1.54) is 17.0 Å². The summed E-state index contributed by atoms with van der Waals surface area (Å²) in [5, 5.41) is 0. The lowest BCUT2D eigenvalue weighted by Gasteiger charge is -2.12. The first-order chi connectivity index (χ1) is 7.99. The van der Waals surface area contributed by atoms with Crippen molar-refractivity contribution in [2.45, 2.75) is 47.0 Å². The van der Waals surface area contributed by atoms with Gasteiger partial charge in [0.1, 0.15) is 0 Å². The van der Waals surface area contributed by atoms with Gasteiger partial charge in [-0.05, 0) is 13.3 Å². The van der Waals surface area contributed by atoms with Crippen LogP contribution in [-0.4, -0.2) is 11.4 Å². The summed E-state index contributed by atoms with van der Waals surface area (Å²) >= 11 is 0. The van der Waals surface area contributed by atoms with E-state index in [1.807, 2.05) is 0 Å². The van der Waals surface area contributed by atoms with Crippen molar-refractivity contribution in [1.82, 2.24) is 4.67 Å². The molecule has 2 atom stereocenters. The summed E-state index contributed by atoms with van der Waals surface area (Å²) in [6.07, 6.45) is 5.33. The van der Waals surface area contributed by atoms with Gasteiger partial charge in [-0.25, -0.2) is 0 Å². The molecule has 0 spiro atoms. The Bertz CT molecular complexity index is 395. The SMILES string of the molecule is C=C(N)CC(C)=CC1C(C)=[N+]=C(CC)C1CC. The molecule has 0 aromatic rings. The van der Waals surface area contributed by atoms with Crippen molar-refractivity contribution < 1.29 is 0 Å². The van der Waals surface area contributed by atoms with E-state index >= 15 is 0 Å². The van der Waals surface area contributed by atoms with Crippen molar-refractivity contribution in [3.05, 3.63) is 23.9 Å². The van der Waals surface area contributed by atoms with Crippen LogP contribution in [0, 0.1) is 11.8 Å². The van der Waals surface area contributed by atoms with E-state index in [2.05, 4.69) is 40.3 Å². The molecule has 0 saturated heterocycles. The zero-order valence-electron chi connectivity index (χ0n) is 11.6. The Balaban J connectivity index is 2.86. The van der Waals surface area contributed by atoms with Crippen LogP contribution in [0.2, 0.25) is 0 Å². The summed E-state index contributed by atoms with van der Waals surface area (Å²) in [6, 6.07) is 0. The summed E-state index contributed by atoms with van der Waals surface area (Å²) in [6.45, 7) is 12.5. The molecular weight excluding hydrogens is 208 g/mol. The van der Waals surface area contributed by atoms with Crippen LogP contribution < -0.4 is 10.4 Å². The van der Waals surface area contributed by atoms with Gasteiger partial charge >= 0.3 is 0 Å². The molecular formula is C15H25N2+.